The molecule has 70 valence electrons. The normalized spacial score (nSPS) is 9.21. The van der Waals surface area contributed by atoms with Crippen LogP contribution in [-0.4, -0.2) is 12.1 Å². The molecule has 0 saturated heterocycles. The maximum absolute atomic E-state index is 11.2. The lowest BCUT2D eigenvalue weighted by atomic mass is 10.0. The zero-order chi connectivity index (χ0) is 10.7. The SMILES string of the molecule is CC(=O)c1c(C=O)ccc(C#N)c1Br. The molecule has 0 aliphatic carbocycles. The van der Waals surface area contributed by atoms with Crippen molar-refractivity contribution in [3.8, 4) is 6.07 Å². The van der Waals surface area contributed by atoms with Gasteiger partial charge in [0.05, 0.1) is 5.56 Å². The van der Waals surface area contributed by atoms with Crippen LogP contribution in [0.15, 0.2) is 16.6 Å². The second-order valence-corrected chi connectivity index (χ2v) is 3.47. The second-order valence-electron chi connectivity index (χ2n) is 2.68. The summed E-state index contributed by atoms with van der Waals surface area (Å²) in [6.07, 6.45) is 0.600. The highest BCUT2D eigenvalue weighted by Crippen LogP contribution is 2.24. The van der Waals surface area contributed by atoms with E-state index in [9.17, 15) is 9.59 Å². The zero-order valence-electron chi connectivity index (χ0n) is 7.37. The third-order valence-electron chi connectivity index (χ3n) is 1.77. The molecule has 1 aromatic rings. The highest BCUT2D eigenvalue weighted by molar-refractivity contribution is 9.10. The molecule has 14 heavy (non-hydrogen) atoms. The van der Waals surface area contributed by atoms with Crippen molar-refractivity contribution in [3.63, 3.8) is 0 Å². The number of ketones is 1. The lowest BCUT2D eigenvalue weighted by molar-refractivity contribution is 0.100. The summed E-state index contributed by atoms with van der Waals surface area (Å²) in [6.45, 7) is 1.36. The number of halogens is 1. The Bertz CT molecular complexity index is 446. The van der Waals surface area contributed by atoms with Crippen LogP contribution in [0, 0.1) is 11.3 Å². The fourth-order valence-corrected chi connectivity index (χ4v) is 1.86. The molecule has 0 radical (unpaired) electrons. The zero-order valence-corrected chi connectivity index (χ0v) is 8.96. The van der Waals surface area contributed by atoms with E-state index in [0.717, 1.165) is 0 Å². The first-order chi connectivity index (χ1) is 6.61. The Morgan fingerprint density at radius 3 is 2.64 bits per heavy atom. The molecule has 0 aromatic heterocycles. The molecular weight excluding hydrogens is 246 g/mol. The fraction of sp³-hybridized carbons (Fsp3) is 0.100. The molecule has 0 saturated carbocycles. The van der Waals surface area contributed by atoms with Crippen molar-refractivity contribution in [2.75, 3.05) is 0 Å². The van der Waals surface area contributed by atoms with Gasteiger partial charge in [-0.05, 0) is 35.0 Å². The van der Waals surface area contributed by atoms with E-state index >= 15 is 0 Å². The summed E-state index contributed by atoms with van der Waals surface area (Å²) < 4.78 is 0.386. The Morgan fingerprint density at radius 1 is 1.57 bits per heavy atom. The van der Waals surface area contributed by atoms with Gasteiger partial charge in [0, 0.05) is 15.6 Å². The van der Waals surface area contributed by atoms with Crippen molar-refractivity contribution in [2.45, 2.75) is 6.92 Å². The number of carbonyl (C=O) groups is 2. The standard InChI is InChI=1S/C10H6BrNO2/c1-6(14)9-8(5-13)3-2-7(4-12)10(9)11/h2-3,5H,1H3. The molecule has 0 fully saturated rings. The number of hydrogen-bond donors (Lipinski definition) is 0. The van der Waals surface area contributed by atoms with Gasteiger partial charge in [-0.25, -0.2) is 0 Å². The van der Waals surface area contributed by atoms with Crippen molar-refractivity contribution in [3.05, 3.63) is 33.3 Å². The Kier molecular flexibility index (Phi) is 3.15. The van der Waals surface area contributed by atoms with Gasteiger partial charge in [-0.15, -0.1) is 0 Å². The number of nitriles is 1. The van der Waals surface area contributed by atoms with Crippen LogP contribution in [0.4, 0.5) is 0 Å². The topological polar surface area (TPSA) is 57.9 Å². The first kappa shape index (κ1) is 10.6. The van der Waals surface area contributed by atoms with Crippen LogP contribution in [0.5, 0.6) is 0 Å². The summed E-state index contributed by atoms with van der Waals surface area (Å²) in [5.74, 6) is -0.240. The third kappa shape index (κ3) is 1.73. The van der Waals surface area contributed by atoms with Gasteiger partial charge in [0.1, 0.15) is 6.07 Å². The highest BCUT2D eigenvalue weighted by atomic mass is 79.9. The van der Waals surface area contributed by atoms with Gasteiger partial charge in [-0.2, -0.15) is 5.26 Å². The Morgan fingerprint density at radius 2 is 2.21 bits per heavy atom. The highest BCUT2D eigenvalue weighted by Gasteiger charge is 2.14. The van der Waals surface area contributed by atoms with Crippen molar-refractivity contribution in [1.29, 1.82) is 5.26 Å². The predicted octanol–water partition coefficient (Wildman–Crippen LogP) is 2.34. The average molecular weight is 252 g/mol. The fourth-order valence-electron chi connectivity index (χ4n) is 1.13. The number of carbonyl (C=O) groups excluding carboxylic acids is 2. The van der Waals surface area contributed by atoms with E-state index in [1.807, 2.05) is 6.07 Å². The van der Waals surface area contributed by atoms with E-state index in [-0.39, 0.29) is 11.3 Å². The third-order valence-corrected chi connectivity index (χ3v) is 2.60. The Balaban J connectivity index is 3.56. The molecule has 3 nitrogen and oxygen atoms in total. The monoisotopic (exact) mass is 251 g/mol. The molecule has 0 heterocycles. The quantitative estimate of drug-likeness (QED) is 0.599. The van der Waals surface area contributed by atoms with Gasteiger partial charge in [-0.1, -0.05) is 0 Å². The van der Waals surface area contributed by atoms with Crippen molar-refractivity contribution in [1.82, 2.24) is 0 Å². The Hall–Kier alpha value is -1.47. The largest absolute Gasteiger partial charge is 0.298 e. The molecule has 0 bridgehead atoms. The number of rotatable bonds is 2. The van der Waals surface area contributed by atoms with Gasteiger partial charge in [0.25, 0.3) is 0 Å². The number of Topliss-reactive ketones (excluding diaryl/α,β-unsaturated/α-hetero) is 1. The molecule has 0 aliphatic heterocycles. The van der Waals surface area contributed by atoms with Crippen LogP contribution < -0.4 is 0 Å². The first-order valence-corrected chi connectivity index (χ1v) is 4.59. The summed E-state index contributed by atoms with van der Waals surface area (Å²) >= 11 is 3.13. The summed E-state index contributed by atoms with van der Waals surface area (Å²) in [4.78, 5) is 21.8. The van der Waals surface area contributed by atoms with E-state index in [0.29, 0.717) is 21.9 Å². The molecule has 0 N–H and O–H groups in total. The molecule has 0 spiro atoms. The van der Waals surface area contributed by atoms with E-state index in [4.69, 9.17) is 5.26 Å². The molecule has 0 atom stereocenters. The van der Waals surface area contributed by atoms with Crippen LogP contribution in [-0.2, 0) is 0 Å². The molecule has 1 aromatic carbocycles. The number of benzene rings is 1. The number of hydrogen-bond acceptors (Lipinski definition) is 3. The summed E-state index contributed by atoms with van der Waals surface area (Å²) in [6, 6.07) is 4.89. The predicted molar refractivity (Wildman–Crippen MR) is 54.2 cm³/mol. The molecule has 0 aliphatic rings. The van der Waals surface area contributed by atoms with E-state index < -0.39 is 0 Å². The van der Waals surface area contributed by atoms with Crippen LogP contribution in [0.1, 0.15) is 33.2 Å². The van der Waals surface area contributed by atoms with Crippen LogP contribution in [0.2, 0.25) is 0 Å². The number of nitrogens with zero attached hydrogens (tertiary/aromatic N) is 1. The lowest BCUT2D eigenvalue weighted by Gasteiger charge is -2.04. The second kappa shape index (κ2) is 4.16. The molecule has 0 unspecified atom stereocenters. The van der Waals surface area contributed by atoms with Crippen molar-refractivity contribution in [2.24, 2.45) is 0 Å². The van der Waals surface area contributed by atoms with Crippen molar-refractivity contribution >= 4 is 28.0 Å². The minimum absolute atomic E-state index is 0.240. The molecular formula is C10H6BrNO2. The minimum Gasteiger partial charge on any atom is -0.298 e. The summed E-state index contributed by atoms with van der Waals surface area (Å²) in [5, 5.41) is 8.71. The molecule has 0 amide bonds. The van der Waals surface area contributed by atoms with Gasteiger partial charge in [0.2, 0.25) is 0 Å². The molecule has 4 heteroatoms. The van der Waals surface area contributed by atoms with Crippen LogP contribution in [0.3, 0.4) is 0 Å². The van der Waals surface area contributed by atoms with E-state index in [1.54, 1.807) is 0 Å². The summed E-state index contributed by atoms with van der Waals surface area (Å²) in [7, 11) is 0. The van der Waals surface area contributed by atoms with Gasteiger partial charge >= 0.3 is 0 Å². The Labute approximate surface area is 89.5 Å². The molecule has 1 rings (SSSR count). The lowest BCUT2D eigenvalue weighted by Crippen LogP contribution is -2.01. The van der Waals surface area contributed by atoms with Crippen LogP contribution >= 0.6 is 15.9 Å². The maximum Gasteiger partial charge on any atom is 0.161 e. The first-order valence-electron chi connectivity index (χ1n) is 3.80. The number of aldehydes is 1. The van der Waals surface area contributed by atoms with Gasteiger partial charge in [0.15, 0.2) is 12.1 Å². The van der Waals surface area contributed by atoms with Gasteiger partial charge in [-0.3, -0.25) is 9.59 Å². The van der Waals surface area contributed by atoms with Crippen LogP contribution in [0.25, 0.3) is 0 Å². The maximum atomic E-state index is 11.2. The summed E-state index contributed by atoms with van der Waals surface area (Å²) in [5.41, 5.74) is 0.906. The smallest absolute Gasteiger partial charge is 0.161 e. The van der Waals surface area contributed by atoms with E-state index in [1.165, 1.54) is 19.1 Å². The average Bonchev–Trinajstić information content (AvgIpc) is 2.16. The van der Waals surface area contributed by atoms with E-state index in [2.05, 4.69) is 15.9 Å². The van der Waals surface area contributed by atoms with Crippen molar-refractivity contribution < 1.29 is 9.59 Å². The minimum atomic E-state index is -0.240. The van der Waals surface area contributed by atoms with Gasteiger partial charge < -0.3 is 0 Å².